The standard InChI is InChI=1S/C11H19N3O3/c1-17-7-6-14(8-2-3-8)10(15)11(4-5-11)9(12)13-16/h8,16H,2-7H2,1H3,(H2,12,13). The Hall–Kier alpha value is -1.30. The lowest BCUT2D eigenvalue weighted by Crippen LogP contribution is -2.45. The molecule has 0 aliphatic heterocycles. The zero-order valence-electron chi connectivity index (χ0n) is 10.1. The molecule has 0 spiro atoms. The number of carbonyl (C=O) groups is 1. The van der Waals surface area contributed by atoms with Crippen LogP contribution in [-0.4, -0.2) is 48.2 Å². The highest BCUT2D eigenvalue weighted by atomic mass is 16.5. The molecule has 0 aromatic rings. The fraction of sp³-hybridized carbons (Fsp3) is 0.818. The van der Waals surface area contributed by atoms with Crippen molar-refractivity contribution in [1.82, 2.24) is 4.90 Å². The third kappa shape index (κ3) is 2.22. The number of methoxy groups -OCH3 is 1. The average Bonchev–Trinajstić information content (AvgIpc) is 3.19. The summed E-state index contributed by atoms with van der Waals surface area (Å²) in [6.07, 6.45) is 3.44. The summed E-state index contributed by atoms with van der Waals surface area (Å²) in [6.45, 7) is 1.11. The molecule has 2 saturated carbocycles. The maximum absolute atomic E-state index is 12.4. The number of amides is 1. The molecule has 2 fully saturated rings. The molecule has 0 atom stereocenters. The first kappa shape index (κ1) is 12.2. The van der Waals surface area contributed by atoms with Crippen molar-refractivity contribution in [3.63, 3.8) is 0 Å². The fourth-order valence-corrected chi connectivity index (χ4v) is 2.10. The van der Waals surface area contributed by atoms with Crippen LogP contribution >= 0.6 is 0 Å². The van der Waals surface area contributed by atoms with Crippen molar-refractivity contribution in [3.8, 4) is 0 Å². The number of hydrogen-bond acceptors (Lipinski definition) is 4. The minimum atomic E-state index is -0.731. The van der Waals surface area contributed by atoms with E-state index in [2.05, 4.69) is 5.16 Å². The summed E-state index contributed by atoms with van der Waals surface area (Å²) in [5.74, 6) is 0.0397. The Morgan fingerprint density at radius 1 is 1.59 bits per heavy atom. The van der Waals surface area contributed by atoms with E-state index in [0.29, 0.717) is 32.0 Å². The van der Waals surface area contributed by atoms with E-state index >= 15 is 0 Å². The van der Waals surface area contributed by atoms with Gasteiger partial charge >= 0.3 is 0 Å². The van der Waals surface area contributed by atoms with Gasteiger partial charge in [-0.05, 0) is 25.7 Å². The monoisotopic (exact) mass is 241 g/mol. The molecular formula is C11H19N3O3. The molecule has 3 N–H and O–H groups in total. The van der Waals surface area contributed by atoms with Gasteiger partial charge in [-0.15, -0.1) is 0 Å². The summed E-state index contributed by atoms with van der Waals surface area (Å²) in [7, 11) is 1.62. The van der Waals surface area contributed by atoms with E-state index < -0.39 is 5.41 Å². The second kappa shape index (κ2) is 4.52. The van der Waals surface area contributed by atoms with Crippen LogP contribution in [0.3, 0.4) is 0 Å². The molecule has 0 bridgehead atoms. The summed E-state index contributed by atoms with van der Waals surface area (Å²) in [5.41, 5.74) is 4.89. The summed E-state index contributed by atoms with van der Waals surface area (Å²) >= 11 is 0. The Balaban J connectivity index is 2.06. The molecule has 0 radical (unpaired) electrons. The zero-order chi connectivity index (χ0) is 12.5. The van der Waals surface area contributed by atoms with E-state index in [9.17, 15) is 4.79 Å². The lowest BCUT2D eigenvalue weighted by molar-refractivity contribution is -0.135. The van der Waals surface area contributed by atoms with Crippen molar-refractivity contribution in [2.24, 2.45) is 16.3 Å². The van der Waals surface area contributed by atoms with Crippen LogP contribution in [0.15, 0.2) is 5.16 Å². The molecule has 0 unspecified atom stereocenters. The number of rotatable bonds is 6. The minimum Gasteiger partial charge on any atom is -0.409 e. The number of nitrogens with zero attached hydrogens (tertiary/aromatic N) is 2. The van der Waals surface area contributed by atoms with Crippen molar-refractivity contribution < 1.29 is 14.7 Å². The van der Waals surface area contributed by atoms with E-state index in [1.807, 2.05) is 4.90 Å². The number of carbonyl (C=O) groups excluding carboxylic acids is 1. The summed E-state index contributed by atoms with van der Waals surface area (Å²) in [5, 5.41) is 11.7. The van der Waals surface area contributed by atoms with Crippen molar-refractivity contribution in [2.45, 2.75) is 31.7 Å². The first-order valence-corrected chi connectivity index (χ1v) is 5.93. The molecular weight excluding hydrogens is 222 g/mol. The summed E-state index contributed by atoms with van der Waals surface area (Å²) in [4.78, 5) is 14.2. The fourth-order valence-electron chi connectivity index (χ4n) is 2.10. The molecule has 1 amide bonds. The molecule has 2 aliphatic carbocycles. The smallest absolute Gasteiger partial charge is 0.236 e. The van der Waals surface area contributed by atoms with Crippen LogP contribution in [0.1, 0.15) is 25.7 Å². The number of oxime groups is 1. The molecule has 6 heteroatoms. The van der Waals surface area contributed by atoms with Crippen molar-refractivity contribution in [2.75, 3.05) is 20.3 Å². The highest BCUT2D eigenvalue weighted by Gasteiger charge is 2.57. The van der Waals surface area contributed by atoms with Crippen molar-refractivity contribution >= 4 is 11.7 Å². The predicted octanol–water partition coefficient (Wildman–Crippen LogP) is 0.150. The SMILES string of the molecule is COCCN(C(=O)C1(C(N)=NO)CC1)C1CC1. The van der Waals surface area contributed by atoms with Crippen LogP contribution in [0, 0.1) is 5.41 Å². The van der Waals surface area contributed by atoms with Gasteiger partial charge in [-0.3, -0.25) is 4.79 Å². The molecule has 17 heavy (non-hydrogen) atoms. The summed E-state index contributed by atoms with van der Waals surface area (Å²) < 4.78 is 5.02. The van der Waals surface area contributed by atoms with Gasteiger partial charge in [0.05, 0.1) is 6.61 Å². The Labute approximate surface area is 100 Å². The Kier molecular flexibility index (Phi) is 3.24. The average molecular weight is 241 g/mol. The van der Waals surface area contributed by atoms with E-state index in [1.54, 1.807) is 7.11 Å². The van der Waals surface area contributed by atoms with Crippen LogP contribution in [-0.2, 0) is 9.53 Å². The summed E-state index contributed by atoms with van der Waals surface area (Å²) in [6, 6.07) is 0.321. The molecule has 0 heterocycles. The first-order valence-electron chi connectivity index (χ1n) is 5.93. The molecule has 0 saturated heterocycles. The Morgan fingerprint density at radius 2 is 2.24 bits per heavy atom. The van der Waals surface area contributed by atoms with Gasteiger partial charge in [-0.25, -0.2) is 0 Å². The predicted molar refractivity (Wildman–Crippen MR) is 61.7 cm³/mol. The molecule has 0 aromatic heterocycles. The van der Waals surface area contributed by atoms with E-state index in [-0.39, 0.29) is 11.7 Å². The van der Waals surface area contributed by atoms with Crippen LogP contribution in [0.25, 0.3) is 0 Å². The minimum absolute atomic E-state index is 0.00708. The maximum Gasteiger partial charge on any atom is 0.236 e. The van der Waals surface area contributed by atoms with Gasteiger partial charge in [-0.2, -0.15) is 0 Å². The first-order chi connectivity index (χ1) is 8.15. The second-order valence-corrected chi connectivity index (χ2v) is 4.79. The molecule has 0 aromatic carbocycles. The Morgan fingerprint density at radius 3 is 2.65 bits per heavy atom. The van der Waals surface area contributed by atoms with Gasteiger partial charge in [0.1, 0.15) is 5.41 Å². The van der Waals surface area contributed by atoms with Crippen molar-refractivity contribution in [3.05, 3.63) is 0 Å². The largest absolute Gasteiger partial charge is 0.409 e. The van der Waals surface area contributed by atoms with Crippen molar-refractivity contribution in [1.29, 1.82) is 0 Å². The van der Waals surface area contributed by atoms with Crippen LogP contribution < -0.4 is 5.73 Å². The lowest BCUT2D eigenvalue weighted by atomic mass is 10.0. The molecule has 96 valence electrons. The Bertz CT molecular complexity index is 335. The number of nitrogens with two attached hydrogens (primary N) is 1. The number of hydrogen-bond donors (Lipinski definition) is 2. The topological polar surface area (TPSA) is 88.2 Å². The van der Waals surface area contributed by atoms with E-state index in [1.165, 1.54) is 0 Å². The van der Waals surface area contributed by atoms with Gasteiger partial charge in [0.2, 0.25) is 5.91 Å². The molecule has 2 aliphatic rings. The quantitative estimate of drug-likeness (QED) is 0.300. The van der Waals surface area contributed by atoms with Crippen LogP contribution in [0.2, 0.25) is 0 Å². The molecule has 6 nitrogen and oxygen atoms in total. The van der Waals surface area contributed by atoms with Crippen LogP contribution in [0.5, 0.6) is 0 Å². The van der Waals surface area contributed by atoms with Gasteiger partial charge in [0.25, 0.3) is 0 Å². The highest BCUT2D eigenvalue weighted by Crippen LogP contribution is 2.48. The number of amidine groups is 1. The van der Waals surface area contributed by atoms with Gasteiger partial charge in [-0.1, -0.05) is 5.16 Å². The third-order valence-electron chi connectivity index (χ3n) is 3.54. The highest BCUT2D eigenvalue weighted by molar-refractivity contribution is 6.09. The second-order valence-electron chi connectivity index (χ2n) is 4.79. The third-order valence-corrected chi connectivity index (χ3v) is 3.54. The van der Waals surface area contributed by atoms with E-state index in [4.69, 9.17) is 15.7 Å². The van der Waals surface area contributed by atoms with Gasteiger partial charge in [0, 0.05) is 19.7 Å². The maximum atomic E-state index is 12.4. The van der Waals surface area contributed by atoms with Gasteiger partial charge in [0.15, 0.2) is 5.84 Å². The normalized spacial score (nSPS) is 22.3. The van der Waals surface area contributed by atoms with Crippen LogP contribution in [0.4, 0.5) is 0 Å². The number of ether oxygens (including phenoxy) is 1. The zero-order valence-corrected chi connectivity index (χ0v) is 10.1. The van der Waals surface area contributed by atoms with E-state index in [0.717, 1.165) is 12.8 Å². The molecule has 2 rings (SSSR count). The lowest BCUT2D eigenvalue weighted by Gasteiger charge is -2.26. The van der Waals surface area contributed by atoms with Gasteiger partial charge < -0.3 is 20.6 Å².